The van der Waals surface area contributed by atoms with Crippen LogP contribution in [0.1, 0.15) is 22.3 Å². The average Bonchev–Trinajstić information content (AvgIpc) is 3.68. The van der Waals surface area contributed by atoms with Crippen molar-refractivity contribution in [1.82, 2.24) is 15.0 Å². The average molecular weight is 902 g/mol. The molecule has 5 aromatic carbocycles. The van der Waals surface area contributed by atoms with Gasteiger partial charge < -0.3 is 14.4 Å². The number of fused-ring (bicyclic) bond motifs is 1. The summed E-state index contributed by atoms with van der Waals surface area (Å²) in [7, 11) is 0. The van der Waals surface area contributed by atoms with Gasteiger partial charge in [0.25, 0.3) is 0 Å². The zero-order chi connectivity index (χ0) is 37.7. The van der Waals surface area contributed by atoms with E-state index in [0.29, 0.717) is 0 Å². The third-order valence-electron chi connectivity index (χ3n) is 9.76. The van der Waals surface area contributed by atoms with E-state index >= 15 is 0 Å². The van der Waals surface area contributed by atoms with Gasteiger partial charge >= 0.3 is 0 Å². The summed E-state index contributed by atoms with van der Waals surface area (Å²) >= 11 is 0. The van der Waals surface area contributed by atoms with Crippen LogP contribution >= 0.6 is 0 Å². The van der Waals surface area contributed by atoms with E-state index in [2.05, 4.69) is 145 Å². The van der Waals surface area contributed by atoms with E-state index in [9.17, 15) is 0 Å². The molecule has 0 unspecified atom stereocenters. The number of nitrogens with zero attached hydrogens (tertiary/aromatic N) is 3. The third-order valence-corrected chi connectivity index (χ3v) is 9.76. The first-order valence-electron chi connectivity index (χ1n) is 18.4. The van der Waals surface area contributed by atoms with Crippen LogP contribution in [0.25, 0.3) is 78.3 Å². The molecule has 4 heterocycles. The van der Waals surface area contributed by atoms with Crippen molar-refractivity contribution in [3.05, 3.63) is 199 Å². The van der Waals surface area contributed by atoms with Gasteiger partial charge in [0.1, 0.15) is 11.3 Å². The first-order chi connectivity index (χ1) is 26.9. The summed E-state index contributed by atoms with van der Waals surface area (Å²) in [6.45, 7) is 8.42. The molecule has 275 valence electrons. The normalized spacial score (nSPS) is 10.7. The molecule has 0 aliphatic heterocycles. The molecule has 5 heteroatoms. The second-order valence-electron chi connectivity index (χ2n) is 13.8. The van der Waals surface area contributed by atoms with Gasteiger partial charge in [0.15, 0.2) is 5.76 Å². The first kappa shape index (κ1) is 38.0. The smallest absolute Gasteiger partial charge is 0.153 e. The van der Waals surface area contributed by atoms with Gasteiger partial charge in [-0.15, -0.1) is 53.6 Å². The van der Waals surface area contributed by atoms with E-state index in [1.54, 1.807) is 6.20 Å². The van der Waals surface area contributed by atoms with Crippen LogP contribution < -0.4 is 0 Å². The zero-order valence-corrected chi connectivity index (χ0v) is 34.1. The van der Waals surface area contributed by atoms with E-state index in [-0.39, 0.29) is 20.1 Å². The number of benzene rings is 5. The summed E-state index contributed by atoms with van der Waals surface area (Å²) in [4.78, 5) is 13.6. The molecular formula is C51H39IrN3O-2. The van der Waals surface area contributed by atoms with Crippen LogP contribution in [0.15, 0.2) is 169 Å². The van der Waals surface area contributed by atoms with Gasteiger partial charge in [-0.3, -0.25) is 4.98 Å². The van der Waals surface area contributed by atoms with Crippen molar-refractivity contribution in [2.75, 3.05) is 0 Å². The molecule has 4 aromatic heterocycles. The van der Waals surface area contributed by atoms with E-state index in [1.807, 2.05) is 67.8 Å². The molecule has 0 aliphatic rings. The third kappa shape index (κ3) is 8.21. The molecule has 0 saturated carbocycles. The van der Waals surface area contributed by atoms with Gasteiger partial charge in [0, 0.05) is 44.1 Å². The maximum atomic E-state index is 6.18. The second kappa shape index (κ2) is 17.0. The second-order valence-corrected chi connectivity index (χ2v) is 13.8. The zero-order valence-electron chi connectivity index (χ0n) is 31.7. The number of furan rings is 1. The number of rotatable bonds is 6. The van der Waals surface area contributed by atoms with Crippen LogP contribution in [-0.2, 0) is 20.1 Å². The van der Waals surface area contributed by atoms with Gasteiger partial charge in [-0.2, -0.15) is 0 Å². The number of pyridine rings is 3. The topological polar surface area (TPSA) is 51.8 Å². The van der Waals surface area contributed by atoms with E-state index in [4.69, 9.17) is 4.42 Å². The molecule has 9 rings (SSSR count). The van der Waals surface area contributed by atoms with Crippen LogP contribution in [0.4, 0.5) is 0 Å². The Labute approximate surface area is 342 Å². The summed E-state index contributed by atoms with van der Waals surface area (Å²) in [6, 6.07) is 56.6. The van der Waals surface area contributed by atoms with Crippen LogP contribution in [-0.4, -0.2) is 15.0 Å². The summed E-state index contributed by atoms with van der Waals surface area (Å²) < 4.78 is 6.18. The van der Waals surface area contributed by atoms with Gasteiger partial charge in [-0.25, -0.2) is 0 Å². The molecule has 0 amide bonds. The fourth-order valence-corrected chi connectivity index (χ4v) is 6.90. The van der Waals surface area contributed by atoms with Crippen molar-refractivity contribution >= 4 is 11.0 Å². The van der Waals surface area contributed by atoms with Gasteiger partial charge in [-0.1, -0.05) is 124 Å². The van der Waals surface area contributed by atoms with Crippen LogP contribution in [0.3, 0.4) is 0 Å². The van der Waals surface area contributed by atoms with Gasteiger partial charge in [-0.05, 0) is 86.1 Å². The van der Waals surface area contributed by atoms with Crippen LogP contribution in [0.5, 0.6) is 0 Å². The Bertz CT molecular complexity index is 2740. The van der Waals surface area contributed by atoms with Gasteiger partial charge in [0.2, 0.25) is 0 Å². The van der Waals surface area contributed by atoms with Crippen molar-refractivity contribution in [3.63, 3.8) is 0 Å². The molecule has 0 bridgehead atoms. The molecule has 9 aromatic rings. The number of aromatic nitrogens is 3. The quantitative estimate of drug-likeness (QED) is 0.156. The fraction of sp³-hybridized carbons (Fsp3) is 0.0784. The minimum Gasteiger partial charge on any atom is -0.454 e. The molecule has 4 nitrogen and oxygen atoms in total. The van der Waals surface area contributed by atoms with Crippen molar-refractivity contribution in [3.8, 4) is 67.3 Å². The molecular weight excluding hydrogens is 863 g/mol. The minimum atomic E-state index is 0. The Morgan fingerprint density at radius 2 is 1.30 bits per heavy atom. The molecule has 0 fully saturated rings. The predicted molar refractivity (Wildman–Crippen MR) is 225 cm³/mol. The predicted octanol–water partition coefficient (Wildman–Crippen LogP) is 13.1. The van der Waals surface area contributed by atoms with E-state index in [1.165, 1.54) is 38.9 Å². The Hall–Kier alpha value is -6.26. The van der Waals surface area contributed by atoms with Crippen molar-refractivity contribution in [1.29, 1.82) is 0 Å². The standard InChI is InChI=1S/C33H25N2O.C18H14N.Ir/c1-21-7-6-8-24(17-21)27-11-10-25(31-18-22(2)14-16-35-31)19-29(27)26-12-13-32-28(23(26)3)20-33(36-32)30-9-4-5-15-34-30;1-14-11-12-18(19-13-14)17-10-6-5-9-16(17)15-7-3-2-4-8-15;/h4-9,11-20H,1-3H3;2-9,11-13H,1H3;/q2*-1;. The molecule has 0 atom stereocenters. The monoisotopic (exact) mass is 902 g/mol. The van der Waals surface area contributed by atoms with Crippen molar-refractivity contribution in [2.45, 2.75) is 27.7 Å². The summed E-state index contributed by atoms with van der Waals surface area (Å²) in [5.41, 5.74) is 17.3. The van der Waals surface area contributed by atoms with E-state index < -0.39 is 0 Å². The fourth-order valence-electron chi connectivity index (χ4n) is 6.90. The minimum absolute atomic E-state index is 0. The number of hydrogen-bond donors (Lipinski definition) is 0. The molecule has 1 radical (unpaired) electrons. The summed E-state index contributed by atoms with van der Waals surface area (Å²) in [5, 5.41) is 1.09. The maximum absolute atomic E-state index is 6.18. The van der Waals surface area contributed by atoms with Crippen molar-refractivity contribution < 1.29 is 24.5 Å². The van der Waals surface area contributed by atoms with Crippen LogP contribution in [0.2, 0.25) is 0 Å². The molecule has 0 spiro atoms. The molecule has 0 saturated heterocycles. The number of aryl methyl sites for hydroxylation is 4. The SMILES string of the molecule is Cc1ccc(-c2[c-]cccc2-c2ccccc2)nc1.Cc1cccc(-c2c[c-]c(-c3cc(C)ccn3)cc2-c2ccc3oc(-c4ccccn4)cc3c2C)c1.[Ir]. The first-order valence-corrected chi connectivity index (χ1v) is 18.4. The summed E-state index contributed by atoms with van der Waals surface area (Å²) in [6.07, 6.45) is 5.54. The van der Waals surface area contributed by atoms with E-state index in [0.717, 1.165) is 61.6 Å². The number of hydrogen-bond acceptors (Lipinski definition) is 4. The molecule has 0 aliphatic carbocycles. The Kier molecular flexibility index (Phi) is 11.6. The van der Waals surface area contributed by atoms with Gasteiger partial charge in [0.05, 0.1) is 0 Å². The Morgan fingerprint density at radius 1 is 0.500 bits per heavy atom. The Morgan fingerprint density at radius 3 is 2.07 bits per heavy atom. The van der Waals surface area contributed by atoms with Crippen molar-refractivity contribution in [2.24, 2.45) is 0 Å². The molecule has 56 heavy (non-hydrogen) atoms. The maximum Gasteiger partial charge on any atom is 0.153 e. The largest absolute Gasteiger partial charge is 0.454 e. The van der Waals surface area contributed by atoms with Crippen LogP contribution in [0, 0.1) is 39.8 Å². The Balaban J connectivity index is 0.000000203. The molecule has 0 N–H and O–H groups in total. The summed E-state index contributed by atoms with van der Waals surface area (Å²) in [5.74, 6) is 0.774.